The molecule has 13 heavy (non-hydrogen) atoms. The summed E-state index contributed by atoms with van der Waals surface area (Å²) in [5.41, 5.74) is 0.224. The molecule has 1 heterocycles. The van der Waals surface area contributed by atoms with Crippen molar-refractivity contribution in [2.75, 3.05) is 4.72 Å². The van der Waals surface area contributed by atoms with E-state index >= 15 is 0 Å². The number of hydrogen-bond donors (Lipinski definition) is 1. The Morgan fingerprint density at radius 3 is 2.85 bits per heavy atom. The van der Waals surface area contributed by atoms with Gasteiger partial charge < -0.3 is 4.72 Å². The van der Waals surface area contributed by atoms with Crippen LogP contribution in [0, 0.1) is 5.82 Å². The van der Waals surface area contributed by atoms with Gasteiger partial charge in [-0.05, 0) is 19.9 Å². The average molecular weight is 202 g/mol. The van der Waals surface area contributed by atoms with E-state index in [4.69, 9.17) is 0 Å². The molecule has 0 radical (unpaired) electrons. The molecule has 0 fully saturated rings. The normalized spacial score (nSPS) is 12.9. The monoisotopic (exact) mass is 202 g/mol. The lowest BCUT2D eigenvalue weighted by Gasteiger charge is -2.08. The lowest BCUT2D eigenvalue weighted by Crippen LogP contribution is -2.15. The summed E-state index contributed by atoms with van der Waals surface area (Å²) >= 11 is 0. The lowest BCUT2D eigenvalue weighted by molar-refractivity contribution is 0.625. The van der Waals surface area contributed by atoms with Gasteiger partial charge in [-0.1, -0.05) is 0 Å². The highest BCUT2D eigenvalue weighted by Crippen LogP contribution is 2.12. The molecule has 0 saturated carbocycles. The van der Waals surface area contributed by atoms with Crippen molar-refractivity contribution in [2.45, 2.75) is 19.1 Å². The average Bonchev–Trinajstić information content (AvgIpc) is 2.08. The smallest absolute Gasteiger partial charge is 0.165 e. The highest BCUT2D eigenvalue weighted by molar-refractivity contribution is 7.86. The Balaban J connectivity index is 2.75. The molecule has 1 unspecified atom stereocenters. The van der Waals surface area contributed by atoms with E-state index in [1.165, 1.54) is 12.3 Å². The summed E-state index contributed by atoms with van der Waals surface area (Å²) in [5, 5.41) is -0.0486. The van der Waals surface area contributed by atoms with Gasteiger partial charge >= 0.3 is 0 Å². The maximum Gasteiger partial charge on any atom is 0.165 e. The van der Waals surface area contributed by atoms with Crippen LogP contribution in [0.1, 0.15) is 13.8 Å². The van der Waals surface area contributed by atoms with Crippen LogP contribution < -0.4 is 4.72 Å². The maximum absolute atomic E-state index is 13.0. The Bertz CT molecular complexity index is 317. The van der Waals surface area contributed by atoms with Gasteiger partial charge in [-0.3, -0.25) is 4.98 Å². The topological polar surface area (TPSA) is 42.0 Å². The number of nitrogens with zero attached hydrogens (tertiary/aromatic N) is 1. The Kier molecular flexibility index (Phi) is 3.36. The fraction of sp³-hybridized carbons (Fsp3) is 0.375. The highest BCUT2D eigenvalue weighted by atomic mass is 32.2. The number of aromatic nitrogens is 1. The quantitative estimate of drug-likeness (QED) is 0.810. The number of anilines is 1. The molecule has 0 spiro atoms. The second kappa shape index (κ2) is 4.32. The molecule has 0 bridgehead atoms. The van der Waals surface area contributed by atoms with Crippen LogP contribution in [0.5, 0.6) is 0 Å². The minimum Gasteiger partial charge on any atom is -0.302 e. The van der Waals surface area contributed by atoms with Crippen molar-refractivity contribution in [2.24, 2.45) is 0 Å². The number of pyridine rings is 1. The van der Waals surface area contributed by atoms with Crippen LogP contribution in [0.3, 0.4) is 0 Å². The summed E-state index contributed by atoms with van der Waals surface area (Å²) < 4.78 is 26.8. The van der Waals surface area contributed by atoms with E-state index in [9.17, 15) is 8.60 Å². The van der Waals surface area contributed by atoms with Gasteiger partial charge in [0.15, 0.2) is 5.82 Å². The van der Waals surface area contributed by atoms with Crippen LogP contribution in [0.2, 0.25) is 0 Å². The first-order valence-electron chi connectivity index (χ1n) is 3.88. The van der Waals surface area contributed by atoms with E-state index in [1.807, 2.05) is 0 Å². The molecule has 1 atom stereocenters. The lowest BCUT2D eigenvalue weighted by atomic mass is 10.4. The number of hydrogen-bond acceptors (Lipinski definition) is 2. The Hall–Kier alpha value is -0.970. The van der Waals surface area contributed by atoms with Gasteiger partial charge in [0.2, 0.25) is 0 Å². The van der Waals surface area contributed by atoms with Crippen molar-refractivity contribution in [1.29, 1.82) is 0 Å². The molecule has 3 nitrogen and oxygen atoms in total. The van der Waals surface area contributed by atoms with Gasteiger partial charge in [-0.25, -0.2) is 8.60 Å². The highest BCUT2D eigenvalue weighted by Gasteiger charge is 2.07. The molecule has 1 aromatic heterocycles. The second-order valence-corrected chi connectivity index (χ2v) is 4.55. The fourth-order valence-electron chi connectivity index (χ4n) is 0.684. The zero-order valence-electron chi connectivity index (χ0n) is 7.45. The number of rotatable bonds is 3. The molecule has 1 aromatic rings. The maximum atomic E-state index is 13.0. The molecule has 0 saturated heterocycles. The molecule has 0 aromatic carbocycles. The van der Waals surface area contributed by atoms with Crippen LogP contribution in [0.4, 0.5) is 10.1 Å². The second-order valence-electron chi connectivity index (χ2n) is 2.80. The molecule has 1 rings (SSSR count). The Labute approximate surface area is 79.0 Å². The van der Waals surface area contributed by atoms with Gasteiger partial charge in [0.1, 0.15) is 11.0 Å². The third kappa shape index (κ3) is 2.77. The fourth-order valence-corrected chi connectivity index (χ4v) is 1.30. The predicted molar refractivity (Wildman–Crippen MR) is 51.1 cm³/mol. The molecule has 1 N–H and O–H groups in total. The SMILES string of the molecule is CC(C)S(=O)Nc1ccncc1F. The van der Waals surface area contributed by atoms with E-state index < -0.39 is 16.8 Å². The molecule has 0 aliphatic heterocycles. The summed E-state index contributed by atoms with van der Waals surface area (Å²) in [7, 11) is -1.25. The van der Waals surface area contributed by atoms with E-state index in [1.54, 1.807) is 13.8 Å². The summed E-state index contributed by atoms with van der Waals surface area (Å²) in [4.78, 5) is 3.58. The van der Waals surface area contributed by atoms with E-state index in [-0.39, 0.29) is 10.9 Å². The molecule has 5 heteroatoms. The van der Waals surface area contributed by atoms with Crippen molar-refractivity contribution in [3.05, 3.63) is 24.3 Å². The van der Waals surface area contributed by atoms with E-state index in [0.29, 0.717) is 0 Å². The Morgan fingerprint density at radius 1 is 1.62 bits per heavy atom. The first-order valence-corrected chi connectivity index (χ1v) is 5.09. The third-order valence-corrected chi connectivity index (χ3v) is 2.69. The van der Waals surface area contributed by atoms with Crippen LogP contribution in [-0.4, -0.2) is 14.4 Å². The zero-order chi connectivity index (χ0) is 9.84. The first-order chi connectivity index (χ1) is 6.11. The van der Waals surface area contributed by atoms with Crippen molar-refractivity contribution in [3.8, 4) is 0 Å². The van der Waals surface area contributed by atoms with E-state index in [2.05, 4.69) is 9.71 Å². The summed E-state index contributed by atoms with van der Waals surface area (Å²) in [5.74, 6) is -0.489. The third-order valence-electron chi connectivity index (χ3n) is 1.41. The van der Waals surface area contributed by atoms with Crippen LogP contribution in [0.25, 0.3) is 0 Å². The van der Waals surface area contributed by atoms with Gasteiger partial charge in [0.05, 0.1) is 11.9 Å². The summed E-state index contributed by atoms with van der Waals surface area (Å²) in [6.07, 6.45) is 2.53. The minimum absolute atomic E-state index is 0.0486. The van der Waals surface area contributed by atoms with Gasteiger partial charge in [0.25, 0.3) is 0 Å². The number of nitrogens with one attached hydrogen (secondary N) is 1. The van der Waals surface area contributed by atoms with Crippen molar-refractivity contribution in [3.63, 3.8) is 0 Å². The molecular formula is C8H11FN2OS. The van der Waals surface area contributed by atoms with Gasteiger partial charge in [-0.15, -0.1) is 0 Å². The molecular weight excluding hydrogens is 191 g/mol. The van der Waals surface area contributed by atoms with Crippen LogP contribution in [-0.2, 0) is 11.0 Å². The largest absolute Gasteiger partial charge is 0.302 e. The van der Waals surface area contributed by atoms with Crippen LogP contribution >= 0.6 is 0 Å². The number of halogens is 1. The Morgan fingerprint density at radius 2 is 2.31 bits per heavy atom. The molecule has 0 aliphatic rings. The van der Waals surface area contributed by atoms with Gasteiger partial charge in [-0.2, -0.15) is 0 Å². The first kappa shape index (κ1) is 10.1. The molecule has 0 aliphatic carbocycles. The van der Waals surface area contributed by atoms with Crippen molar-refractivity contribution < 1.29 is 8.60 Å². The van der Waals surface area contributed by atoms with Gasteiger partial charge in [0, 0.05) is 11.4 Å². The minimum atomic E-state index is -1.25. The molecule has 0 amide bonds. The van der Waals surface area contributed by atoms with Crippen LogP contribution in [0.15, 0.2) is 18.5 Å². The predicted octanol–water partition coefficient (Wildman–Crippen LogP) is 1.70. The zero-order valence-corrected chi connectivity index (χ0v) is 8.27. The van der Waals surface area contributed by atoms with Crippen molar-refractivity contribution in [1.82, 2.24) is 4.98 Å². The summed E-state index contributed by atoms with van der Waals surface area (Å²) in [6, 6.07) is 1.45. The summed E-state index contributed by atoms with van der Waals surface area (Å²) in [6.45, 7) is 3.59. The standard InChI is InChI=1S/C8H11FN2OS/c1-6(2)13(12)11-8-3-4-10-5-7(8)9/h3-6H,1-2H3,(H,10,11). The van der Waals surface area contributed by atoms with E-state index in [0.717, 1.165) is 6.20 Å². The molecule has 72 valence electrons. The van der Waals surface area contributed by atoms with Crippen molar-refractivity contribution >= 4 is 16.7 Å².